The lowest BCUT2D eigenvalue weighted by Crippen LogP contribution is -2.30. The summed E-state index contributed by atoms with van der Waals surface area (Å²) in [5.41, 5.74) is -10.0. The van der Waals surface area contributed by atoms with Gasteiger partial charge >= 0.3 is 70.3 Å². The Labute approximate surface area is 624 Å². The van der Waals surface area contributed by atoms with Gasteiger partial charge in [-0.25, -0.2) is 52.8 Å². The zero-order chi connectivity index (χ0) is 84.4. The van der Waals surface area contributed by atoms with Crippen molar-refractivity contribution in [1.29, 1.82) is 0 Å². The number of amides is 1. The second-order valence-electron chi connectivity index (χ2n) is 21.8. The summed E-state index contributed by atoms with van der Waals surface area (Å²) < 4.78 is 284. The van der Waals surface area contributed by atoms with E-state index in [0.29, 0.717) is 51.1 Å². The molecule has 10 heterocycles. The Balaban J connectivity index is 0.000000250. The Morgan fingerprint density at radius 2 is 1.02 bits per heavy atom. The standard InChI is InChI=1S/C17H21F3N4O3.C13H11F6N3O5S.C12H12F3N3O3.C7H7ClF3N3.C7H8F3N3O.C5H9N3/c1-3-24-15-11(9-21-24)13(22-10-5-7-26-8-6-10)12(16(25)27-4-2)14(23-15)17(18,19)20;1-3-22-10-6(5-20-22)8(27-28(24,25)13(17,18)19)7(11(23)26-4-2)9(21-10)12(14,15)16;1-3-18-10-6(5-16-18)8(19)7(11(20)21-4-2)9(17-10)12(13,14)15;1-2-14-5(3-4-12-14)13-6(8)7(9,10)11;1-2-13-5(3-4-11-13)12-6(14)7(8,9)10;1-2-8-5(6)3-4-7-8/h9-10H,3-8H2,1-2H3,(H,22,23);5H,3-4H2,1-2H3;5H,3-4H2,1-2H3,(H,17,19);3-4H,2H2,1H3;3-4H,2H2,1H3,(H,12,14);3-4H,2,6H2,1H3. The zero-order valence-electron chi connectivity index (χ0n) is 59.7. The van der Waals surface area contributed by atoms with Gasteiger partial charge in [-0.3, -0.25) is 14.3 Å². The van der Waals surface area contributed by atoms with Crippen molar-refractivity contribution in [2.75, 3.05) is 49.4 Å². The van der Waals surface area contributed by atoms with E-state index in [1.807, 2.05) is 6.92 Å². The van der Waals surface area contributed by atoms with Crippen molar-refractivity contribution in [2.45, 2.75) is 157 Å². The van der Waals surface area contributed by atoms with Gasteiger partial charge in [0.1, 0.15) is 39.7 Å². The monoisotopic (exact) mass is 1670 g/mol. The third-order valence-corrected chi connectivity index (χ3v) is 15.8. The molecule has 618 valence electrons. The van der Waals surface area contributed by atoms with Gasteiger partial charge in [-0.1, -0.05) is 11.6 Å². The van der Waals surface area contributed by atoms with Crippen molar-refractivity contribution in [2.24, 2.45) is 4.99 Å². The largest absolute Gasteiger partial charge is 0.534 e. The molecule has 0 radical (unpaired) electrons. The van der Waals surface area contributed by atoms with Crippen LogP contribution in [-0.2, 0) is 91.7 Å². The quantitative estimate of drug-likeness (QED) is 0.0155. The van der Waals surface area contributed by atoms with Crippen LogP contribution in [0.15, 0.2) is 65.2 Å². The number of alkyl halides is 18. The highest BCUT2D eigenvalue weighted by Gasteiger charge is 2.51. The average molecular weight is 1670 g/mol. The number of halogens is 19. The summed E-state index contributed by atoms with van der Waals surface area (Å²) >= 11 is 4.96. The number of fused-ring (bicyclic) bond motifs is 3. The first-order valence-corrected chi connectivity index (χ1v) is 34.4. The molecule has 1 fully saturated rings. The smallest absolute Gasteiger partial charge is 0.462 e. The number of anilines is 3. The Kier molecular flexibility index (Phi) is 31.5. The van der Waals surface area contributed by atoms with Gasteiger partial charge in [-0.05, 0) is 81.2 Å². The third kappa shape index (κ3) is 23.2. The lowest BCUT2D eigenvalue weighted by molar-refractivity contribution is -0.167. The molecule has 0 aromatic carbocycles. The fourth-order valence-corrected chi connectivity index (χ4v) is 10.1. The number of carbonyl (C=O) groups excluding carboxylic acids is 4. The summed E-state index contributed by atoms with van der Waals surface area (Å²) in [5, 5.41) is 26.0. The van der Waals surface area contributed by atoms with Crippen LogP contribution in [0.1, 0.15) is 123 Å². The van der Waals surface area contributed by atoms with E-state index in [1.165, 1.54) is 77.1 Å². The van der Waals surface area contributed by atoms with Crippen LogP contribution in [-0.4, -0.2) is 168 Å². The van der Waals surface area contributed by atoms with E-state index in [2.05, 4.69) is 69.5 Å². The maximum Gasteiger partial charge on any atom is 0.534 e. The predicted molar refractivity (Wildman–Crippen MR) is 360 cm³/mol. The molecule has 1 aliphatic rings. The number of ether oxygens (including phenoxy) is 4. The first-order chi connectivity index (χ1) is 52.1. The number of nitrogens with one attached hydrogen (secondary N) is 3. The van der Waals surface area contributed by atoms with Gasteiger partial charge < -0.3 is 44.5 Å². The Bertz CT molecular complexity index is 4920. The Morgan fingerprint density at radius 1 is 0.571 bits per heavy atom. The molecular weight excluding hydrogens is 1600 g/mol. The topological polar surface area (TPSA) is 377 Å². The molecule has 0 aliphatic carbocycles. The number of nitrogens with zero attached hydrogens (tertiary/aromatic N) is 15. The summed E-state index contributed by atoms with van der Waals surface area (Å²) in [4.78, 5) is 71.2. The van der Waals surface area contributed by atoms with Crippen molar-refractivity contribution in [3.8, 4) is 5.75 Å². The van der Waals surface area contributed by atoms with Crippen LogP contribution in [0.4, 0.5) is 102 Å². The van der Waals surface area contributed by atoms with E-state index in [9.17, 15) is 111 Å². The fourth-order valence-electron chi connectivity index (χ4n) is 9.53. The maximum atomic E-state index is 13.7. The van der Waals surface area contributed by atoms with Gasteiger partial charge in [0, 0.05) is 70.7 Å². The summed E-state index contributed by atoms with van der Waals surface area (Å²) in [6.45, 7) is 17.1. The molecular formula is C61H68ClF18N19O12S. The van der Waals surface area contributed by atoms with Crippen LogP contribution in [0, 0.1) is 0 Å². The molecule has 9 aromatic heterocycles. The van der Waals surface area contributed by atoms with Crippen LogP contribution in [0.25, 0.3) is 33.1 Å². The van der Waals surface area contributed by atoms with Gasteiger partial charge in [0.05, 0.1) is 78.8 Å². The minimum atomic E-state index is -6.41. The number of rotatable bonds is 18. The van der Waals surface area contributed by atoms with Crippen molar-refractivity contribution < 1.29 is 130 Å². The number of aromatic amines is 1. The van der Waals surface area contributed by atoms with Gasteiger partial charge in [0.25, 0.3) is 0 Å². The number of nitrogens with two attached hydrogens (primary N) is 1. The molecule has 31 nitrogen and oxygen atoms in total. The van der Waals surface area contributed by atoms with E-state index in [0.717, 1.165) is 29.4 Å². The van der Waals surface area contributed by atoms with E-state index < -0.39 is 138 Å². The number of H-pyrrole nitrogens is 1. The van der Waals surface area contributed by atoms with Crippen molar-refractivity contribution >= 4 is 107 Å². The van der Waals surface area contributed by atoms with E-state index in [4.69, 9.17) is 26.8 Å². The van der Waals surface area contributed by atoms with Gasteiger partial charge in [0.2, 0.25) is 10.6 Å². The van der Waals surface area contributed by atoms with Crippen LogP contribution in [0.3, 0.4) is 0 Å². The number of hydrogen-bond donors (Lipinski definition) is 4. The number of aromatic nitrogens is 15. The Hall–Kier alpha value is -10.8. The van der Waals surface area contributed by atoms with Gasteiger partial charge in [0.15, 0.2) is 34.2 Å². The van der Waals surface area contributed by atoms with Crippen LogP contribution < -0.4 is 26.0 Å². The van der Waals surface area contributed by atoms with Crippen LogP contribution >= 0.6 is 11.6 Å². The number of hydrogen-bond acceptors (Lipinski definition) is 23. The highest BCUT2D eigenvalue weighted by Crippen LogP contribution is 2.43. The van der Waals surface area contributed by atoms with Gasteiger partial charge in [-0.2, -0.15) is 118 Å². The number of aryl methyl sites for hydroxylation is 6. The lowest BCUT2D eigenvalue weighted by Gasteiger charge is -2.26. The molecule has 1 aliphatic heterocycles. The van der Waals surface area contributed by atoms with Crippen molar-refractivity contribution in [3.63, 3.8) is 0 Å². The number of esters is 3. The molecule has 0 atom stereocenters. The summed E-state index contributed by atoms with van der Waals surface area (Å²) in [6, 6.07) is 4.32. The molecule has 1 amide bonds. The van der Waals surface area contributed by atoms with E-state index >= 15 is 0 Å². The molecule has 1 saturated heterocycles. The van der Waals surface area contributed by atoms with Crippen molar-refractivity contribution in [1.82, 2.24) is 73.6 Å². The zero-order valence-corrected chi connectivity index (χ0v) is 61.3. The van der Waals surface area contributed by atoms with Crippen molar-refractivity contribution in [3.05, 3.63) is 99.4 Å². The third-order valence-electron chi connectivity index (χ3n) is 14.5. The minimum Gasteiger partial charge on any atom is -0.462 e. The van der Waals surface area contributed by atoms with E-state index in [-0.39, 0.29) is 66.3 Å². The van der Waals surface area contributed by atoms with E-state index in [1.54, 1.807) is 50.0 Å². The molecule has 0 unspecified atom stereocenters. The van der Waals surface area contributed by atoms with Crippen LogP contribution in [0.2, 0.25) is 0 Å². The normalized spacial score (nSPS) is 13.1. The van der Waals surface area contributed by atoms with Gasteiger partial charge in [-0.15, -0.1) is 0 Å². The molecule has 51 heteroatoms. The molecule has 10 rings (SSSR count). The highest BCUT2D eigenvalue weighted by atomic mass is 35.5. The Morgan fingerprint density at radius 3 is 1.47 bits per heavy atom. The van der Waals surface area contributed by atoms with Crippen LogP contribution in [0.5, 0.6) is 5.75 Å². The highest BCUT2D eigenvalue weighted by molar-refractivity contribution is 7.88. The first kappa shape index (κ1) is 91.8. The first-order valence-electron chi connectivity index (χ1n) is 32.6. The summed E-state index contributed by atoms with van der Waals surface area (Å²) in [5.74, 6) is -6.78. The summed E-state index contributed by atoms with van der Waals surface area (Å²) in [6.07, 6.45) is -15.6. The molecule has 0 spiro atoms. The number of aliphatic imine (C=N–C) groups is 1. The molecule has 0 bridgehead atoms. The fraction of sp³-hybridized carbons (Fsp3) is 0.475. The minimum absolute atomic E-state index is 0.0369. The molecule has 9 aromatic rings. The summed E-state index contributed by atoms with van der Waals surface area (Å²) in [7, 11) is -6.41. The number of nitrogen functional groups attached to an aromatic ring is 1. The second kappa shape index (κ2) is 38.4. The number of carbonyl (C=O) groups is 4. The second-order valence-corrected chi connectivity index (χ2v) is 23.7. The molecule has 0 saturated carbocycles. The average Bonchev–Trinajstić information content (AvgIpc) is 1.36. The maximum absolute atomic E-state index is 13.7. The number of pyridine rings is 3. The predicted octanol–water partition coefficient (Wildman–Crippen LogP) is 12.7. The SMILES string of the molecule is CCOC(=O)c1c(C(F)(F)F)[nH]c2c(cnn2CC)c1=O.CCOC(=O)c1c(C(F)(F)F)nc2c(cnn2CC)c1NC1CCOCC1.CCOC(=O)c1c(C(F)(F)F)nc2c(cnn2CC)c1OS(=O)(=O)C(F)(F)F.CCn1nccc1N.CCn1nccc1N=C(Cl)C(F)(F)F.CCn1nccc1NC(=O)C(F)(F)F. The molecule has 112 heavy (non-hydrogen) atoms. The molecule has 5 N–H and O–H groups in total. The lowest BCUT2D eigenvalue weighted by atomic mass is 10.0.